The third-order valence-corrected chi connectivity index (χ3v) is 3.02. The van der Waals surface area contributed by atoms with E-state index in [9.17, 15) is 4.79 Å². The Hall–Kier alpha value is -0.830. The van der Waals surface area contributed by atoms with E-state index in [1.807, 2.05) is 6.92 Å². The van der Waals surface area contributed by atoms with Crippen LogP contribution in [0.15, 0.2) is 12.2 Å². The smallest absolute Gasteiger partial charge is 0.334 e. The van der Waals surface area contributed by atoms with Crippen LogP contribution in [0.3, 0.4) is 0 Å². The van der Waals surface area contributed by atoms with E-state index in [4.69, 9.17) is 4.74 Å². The molecule has 0 aromatic heterocycles. The first kappa shape index (κ1) is 13.2. The van der Waals surface area contributed by atoms with Gasteiger partial charge >= 0.3 is 5.97 Å². The summed E-state index contributed by atoms with van der Waals surface area (Å²) in [5.41, 5.74) is 0.533. The van der Waals surface area contributed by atoms with Gasteiger partial charge < -0.3 is 10.1 Å². The molecule has 0 atom stereocenters. The van der Waals surface area contributed by atoms with Crippen LogP contribution in [0.4, 0.5) is 0 Å². The van der Waals surface area contributed by atoms with Gasteiger partial charge in [-0.15, -0.1) is 0 Å². The maximum absolute atomic E-state index is 11.3. The van der Waals surface area contributed by atoms with Crippen LogP contribution in [0.1, 0.15) is 45.4 Å². The minimum absolute atomic E-state index is 0.274. The molecular weight excluding hydrogens is 202 g/mol. The molecule has 16 heavy (non-hydrogen) atoms. The average Bonchev–Trinajstić information content (AvgIpc) is 2.54. The quantitative estimate of drug-likeness (QED) is 0.443. The van der Waals surface area contributed by atoms with Crippen molar-refractivity contribution in [1.82, 2.24) is 5.32 Å². The molecule has 0 saturated heterocycles. The maximum atomic E-state index is 11.3. The predicted octanol–water partition coefficient (Wildman–Crippen LogP) is 2.42. The number of esters is 1. The molecule has 0 heterocycles. The largest absolute Gasteiger partial charge is 0.463 e. The van der Waals surface area contributed by atoms with Gasteiger partial charge in [-0.2, -0.15) is 0 Å². The van der Waals surface area contributed by atoms with Gasteiger partial charge in [-0.25, -0.2) is 4.79 Å². The van der Waals surface area contributed by atoms with Gasteiger partial charge in [-0.1, -0.05) is 32.3 Å². The van der Waals surface area contributed by atoms with E-state index >= 15 is 0 Å². The Morgan fingerprint density at radius 1 is 1.31 bits per heavy atom. The highest BCUT2D eigenvalue weighted by Gasteiger charge is 2.13. The monoisotopic (exact) mass is 225 g/mol. The lowest BCUT2D eigenvalue weighted by molar-refractivity contribution is -0.138. The molecule has 1 aliphatic rings. The van der Waals surface area contributed by atoms with Crippen molar-refractivity contribution in [3.63, 3.8) is 0 Å². The third-order valence-electron chi connectivity index (χ3n) is 3.02. The summed E-state index contributed by atoms with van der Waals surface area (Å²) < 4.78 is 4.89. The molecule has 1 N–H and O–H groups in total. The van der Waals surface area contributed by atoms with Crippen LogP contribution < -0.4 is 5.32 Å². The molecule has 0 spiro atoms. The molecule has 0 amide bonds. The SMILES string of the molecule is C=C(CNC1CCCCCC1)C(=O)OCC. The van der Waals surface area contributed by atoms with Crippen LogP contribution in [-0.4, -0.2) is 25.2 Å². The molecule has 1 aliphatic carbocycles. The first-order chi connectivity index (χ1) is 7.74. The molecule has 3 nitrogen and oxygen atoms in total. The molecule has 1 saturated carbocycles. The topological polar surface area (TPSA) is 38.3 Å². The minimum atomic E-state index is -0.274. The highest BCUT2D eigenvalue weighted by molar-refractivity contribution is 5.88. The summed E-state index contributed by atoms with van der Waals surface area (Å²) in [6.45, 7) is 6.53. The molecule has 92 valence electrons. The van der Waals surface area contributed by atoms with Gasteiger partial charge in [0.2, 0.25) is 0 Å². The summed E-state index contributed by atoms with van der Waals surface area (Å²) in [7, 11) is 0. The Kier molecular flexibility index (Phi) is 6.16. The fourth-order valence-corrected chi connectivity index (χ4v) is 2.06. The number of hydrogen-bond donors (Lipinski definition) is 1. The van der Waals surface area contributed by atoms with Crippen molar-refractivity contribution in [2.24, 2.45) is 0 Å². The first-order valence-corrected chi connectivity index (χ1v) is 6.32. The van der Waals surface area contributed by atoms with Gasteiger partial charge in [0.1, 0.15) is 0 Å². The van der Waals surface area contributed by atoms with Gasteiger partial charge in [-0.05, 0) is 19.8 Å². The maximum Gasteiger partial charge on any atom is 0.334 e. The molecule has 0 radical (unpaired) electrons. The molecular formula is C13H23NO2. The molecule has 1 fully saturated rings. The highest BCUT2D eigenvalue weighted by Crippen LogP contribution is 2.17. The van der Waals surface area contributed by atoms with Crippen molar-refractivity contribution in [1.29, 1.82) is 0 Å². The second kappa shape index (κ2) is 7.44. The predicted molar refractivity (Wildman–Crippen MR) is 65.3 cm³/mol. The lowest BCUT2D eigenvalue weighted by Crippen LogP contribution is -2.31. The number of hydrogen-bond acceptors (Lipinski definition) is 3. The number of carbonyl (C=O) groups excluding carboxylic acids is 1. The zero-order valence-electron chi connectivity index (χ0n) is 10.3. The van der Waals surface area contributed by atoms with Crippen LogP contribution in [0.25, 0.3) is 0 Å². The van der Waals surface area contributed by atoms with Gasteiger partial charge in [0.15, 0.2) is 0 Å². The normalized spacial score (nSPS) is 17.8. The van der Waals surface area contributed by atoms with Crippen molar-refractivity contribution in [3.8, 4) is 0 Å². The van der Waals surface area contributed by atoms with E-state index < -0.39 is 0 Å². The fourth-order valence-electron chi connectivity index (χ4n) is 2.06. The Morgan fingerprint density at radius 3 is 2.50 bits per heavy atom. The van der Waals surface area contributed by atoms with E-state index in [0.29, 0.717) is 24.8 Å². The van der Waals surface area contributed by atoms with Gasteiger partial charge in [0.05, 0.1) is 6.61 Å². The Morgan fingerprint density at radius 2 is 1.94 bits per heavy atom. The van der Waals surface area contributed by atoms with Crippen molar-refractivity contribution in [2.75, 3.05) is 13.2 Å². The third kappa shape index (κ3) is 4.79. The van der Waals surface area contributed by atoms with Crippen LogP contribution in [-0.2, 0) is 9.53 Å². The van der Waals surface area contributed by atoms with Crippen molar-refractivity contribution in [2.45, 2.75) is 51.5 Å². The Balaban J connectivity index is 2.21. The van der Waals surface area contributed by atoms with Crippen LogP contribution >= 0.6 is 0 Å². The Bertz CT molecular complexity index is 230. The minimum Gasteiger partial charge on any atom is -0.463 e. The summed E-state index contributed by atoms with van der Waals surface area (Å²) in [5, 5.41) is 3.40. The second-order valence-corrected chi connectivity index (χ2v) is 4.39. The fraction of sp³-hybridized carbons (Fsp3) is 0.769. The molecule has 0 bridgehead atoms. The second-order valence-electron chi connectivity index (χ2n) is 4.39. The molecule has 0 aromatic rings. The standard InChI is InChI=1S/C13H23NO2/c1-3-16-13(15)11(2)10-14-12-8-6-4-5-7-9-12/h12,14H,2-10H2,1H3. The molecule has 1 rings (SSSR count). The lowest BCUT2D eigenvalue weighted by atomic mass is 10.1. The number of nitrogens with one attached hydrogen (secondary N) is 1. The summed E-state index contributed by atoms with van der Waals surface area (Å²) in [4.78, 5) is 11.3. The van der Waals surface area contributed by atoms with E-state index in [0.717, 1.165) is 0 Å². The van der Waals surface area contributed by atoms with Crippen LogP contribution in [0.5, 0.6) is 0 Å². The summed E-state index contributed by atoms with van der Waals surface area (Å²) in [6, 6.07) is 0.550. The van der Waals surface area contributed by atoms with Gasteiger partial charge in [0, 0.05) is 18.2 Å². The van der Waals surface area contributed by atoms with E-state index in [-0.39, 0.29) is 5.97 Å². The van der Waals surface area contributed by atoms with E-state index in [2.05, 4.69) is 11.9 Å². The summed E-state index contributed by atoms with van der Waals surface area (Å²) in [6.07, 6.45) is 7.72. The summed E-state index contributed by atoms with van der Waals surface area (Å²) >= 11 is 0. The Labute approximate surface area is 98.2 Å². The molecule has 0 aliphatic heterocycles. The molecule has 3 heteroatoms. The van der Waals surface area contributed by atoms with Gasteiger partial charge in [0.25, 0.3) is 0 Å². The number of carbonyl (C=O) groups is 1. The number of rotatable bonds is 5. The molecule has 0 aromatic carbocycles. The number of ether oxygens (including phenoxy) is 1. The zero-order valence-corrected chi connectivity index (χ0v) is 10.3. The highest BCUT2D eigenvalue weighted by atomic mass is 16.5. The van der Waals surface area contributed by atoms with Crippen molar-refractivity contribution < 1.29 is 9.53 Å². The van der Waals surface area contributed by atoms with Crippen LogP contribution in [0, 0.1) is 0 Å². The van der Waals surface area contributed by atoms with Crippen LogP contribution in [0.2, 0.25) is 0 Å². The van der Waals surface area contributed by atoms with Crippen molar-refractivity contribution >= 4 is 5.97 Å². The summed E-state index contributed by atoms with van der Waals surface area (Å²) in [5.74, 6) is -0.274. The zero-order chi connectivity index (χ0) is 11.8. The molecule has 0 unspecified atom stereocenters. The van der Waals surface area contributed by atoms with E-state index in [1.54, 1.807) is 0 Å². The van der Waals surface area contributed by atoms with Gasteiger partial charge in [-0.3, -0.25) is 0 Å². The first-order valence-electron chi connectivity index (χ1n) is 6.32. The van der Waals surface area contributed by atoms with Crippen molar-refractivity contribution in [3.05, 3.63) is 12.2 Å². The average molecular weight is 225 g/mol. The lowest BCUT2D eigenvalue weighted by Gasteiger charge is -2.16. The van der Waals surface area contributed by atoms with E-state index in [1.165, 1.54) is 38.5 Å².